The molecule has 86 valence electrons. The van der Waals surface area contributed by atoms with Gasteiger partial charge in [-0.3, -0.25) is 4.90 Å². The lowest BCUT2D eigenvalue weighted by molar-refractivity contribution is 0.249. The Morgan fingerprint density at radius 2 is 2.25 bits per heavy atom. The van der Waals surface area contributed by atoms with Gasteiger partial charge in [0.05, 0.1) is 12.5 Å². The molecule has 0 aliphatic carbocycles. The van der Waals surface area contributed by atoms with Crippen molar-refractivity contribution in [2.75, 3.05) is 12.8 Å². The molecule has 1 unspecified atom stereocenters. The van der Waals surface area contributed by atoms with Gasteiger partial charge in [-0.05, 0) is 26.1 Å². The van der Waals surface area contributed by atoms with Gasteiger partial charge in [0.2, 0.25) is 0 Å². The Balaban J connectivity index is 2.77. The zero-order chi connectivity index (χ0) is 12.1. The van der Waals surface area contributed by atoms with E-state index in [1.54, 1.807) is 12.1 Å². The molecular weight excluding hydrogens is 205 g/mol. The maximum Gasteiger partial charge on any atom is 0.129 e. The van der Waals surface area contributed by atoms with E-state index in [0.29, 0.717) is 24.2 Å². The lowest BCUT2D eigenvalue weighted by atomic mass is 10.1. The molecule has 4 heteroatoms. The highest BCUT2D eigenvalue weighted by Crippen LogP contribution is 2.18. The second-order valence-corrected chi connectivity index (χ2v) is 3.93. The predicted octanol–water partition coefficient (Wildman–Crippen LogP) is 2.14. The average Bonchev–Trinajstić information content (AvgIpc) is 2.23. The van der Waals surface area contributed by atoms with Crippen LogP contribution in [0.15, 0.2) is 18.2 Å². The fourth-order valence-electron chi connectivity index (χ4n) is 1.44. The summed E-state index contributed by atoms with van der Waals surface area (Å²) in [6, 6.07) is 6.85. The molecule has 1 atom stereocenters. The maximum atomic E-state index is 13.5. The van der Waals surface area contributed by atoms with Gasteiger partial charge in [-0.15, -0.1) is 0 Å². The topological polar surface area (TPSA) is 53.0 Å². The second-order valence-electron chi connectivity index (χ2n) is 3.93. The Kier molecular flexibility index (Phi) is 4.27. The van der Waals surface area contributed by atoms with Crippen LogP contribution in [0.1, 0.15) is 18.9 Å². The number of nitrogen functional groups attached to an aromatic ring is 1. The van der Waals surface area contributed by atoms with Crippen LogP contribution in [-0.2, 0) is 6.54 Å². The molecule has 1 aromatic rings. The first kappa shape index (κ1) is 12.5. The molecule has 0 aliphatic heterocycles. The van der Waals surface area contributed by atoms with Crippen molar-refractivity contribution in [1.82, 2.24) is 4.90 Å². The van der Waals surface area contributed by atoms with E-state index in [9.17, 15) is 4.39 Å². The van der Waals surface area contributed by atoms with Gasteiger partial charge in [0, 0.05) is 23.8 Å². The summed E-state index contributed by atoms with van der Waals surface area (Å²) in [5.74, 6) is -0.295. The minimum atomic E-state index is -0.295. The third kappa shape index (κ3) is 2.94. The van der Waals surface area contributed by atoms with E-state index in [0.717, 1.165) is 0 Å². The van der Waals surface area contributed by atoms with Crippen molar-refractivity contribution in [3.8, 4) is 6.07 Å². The van der Waals surface area contributed by atoms with Crippen molar-refractivity contribution >= 4 is 5.69 Å². The summed E-state index contributed by atoms with van der Waals surface area (Å²) in [6.07, 6.45) is 0.421. The molecule has 1 rings (SSSR count). The first-order valence-electron chi connectivity index (χ1n) is 5.16. The van der Waals surface area contributed by atoms with Crippen LogP contribution in [0.2, 0.25) is 0 Å². The normalized spacial score (nSPS) is 12.4. The highest BCUT2D eigenvalue weighted by molar-refractivity contribution is 5.47. The fraction of sp³-hybridized carbons (Fsp3) is 0.417. The summed E-state index contributed by atoms with van der Waals surface area (Å²) in [5.41, 5.74) is 6.66. The zero-order valence-corrected chi connectivity index (χ0v) is 9.57. The summed E-state index contributed by atoms with van der Waals surface area (Å²) in [7, 11) is 1.86. The molecule has 2 N–H and O–H groups in total. The van der Waals surface area contributed by atoms with Crippen molar-refractivity contribution in [3.63, 3.8) is 0 Å². The summed E-state index contributed by atoms with van der Waals surface area (Å²) in [4.78, 5) is 1.91. The molecule has 16 heavy (non-hydrogen) atoms. The molecule has 0 bridgehead atoms. The van der Waals surface area contributed by atoms with E-state index >= 15 is 0 Å². The lowest BCUT2D eigenvalue weighted by Gasteiger charge is -2.23. The molecule has 0 fully saturated rings. The summed E-state index contributed by atoms with van der Waals surface area (Å²) in [5, 5.41) is 8.59. The summed E-state index contributed by atoms with van der Waals surface area (Å²) < 4.78 is 13.5. The van der Waals surface area contributed by atoms with Gasteiger partial charge in [0.1, 0.15) is 5.82 Å². The molecule has 3 nitrogen and oxygen atoms in total. The molecule has 0 saturated heterocycles. The average molecular weight is 221 g/mol. The van der Waals surface area contributed by atoms with Crippen LogP contribution in [0.25, 0.3) is 0 Å². The number of hydrogen-bond acceptors (Lipinski definition) is 3. The van der Waals surface area contributed by atoms with Crippen molar-refractivity contribution in [1.29, 1.82) is 5.26 Å². The van der Waals surface area contributed by atoms with Gasteiger partial charge >= 0.3 is 0 Å². The van der Waals surface area contributed by atoms with Gasteiger partial charge < -0.3 is 5.73 Å². The Labute approximate surface area is 95.3 Å². The predicted molar refractivity (Wildman–Crippen MR) is 62.0 cm³/mol. The fourth-order valence-corrected chi connectivity index (χ4v) is 1.44. The van der Waals surface area contributed by atoms with E-state index in [4.69, 9.17) is 11.0 Å². The molecule has 0 saturated carbocycles. The lowest BCUT2D eigenvalue weighted by Crippen LogP contribution is -2.28. The first-order chi connectivity index (χ1) is 7.56. The Morgan fingerprint density at radius 1 is 1.56 bits per heavy atom. The number of hydrogen-bond donors (Lipinski definition) is 1. The monoisotopic (exact) mass is 221 g/mol. The van der Waals surface area contributed by atoms with Crippen LogP contribution in [0.5, 0.6) is 0 Å². The number of nitriles is 1. The van der Waals surface area contributed by atoms with Gasteiger partial charge in [-0.2, -0.15) is 5.26 Å². The van der Waals surface area contributed by atoms with Crippen LogP contribution in [0.3, 0.4) is 0 Å². The van der Waals surface area contributed by atoms with Crippen molar-refractivity contribution in [3.05, 3.63) is 29.6 Å². The van der Waals surface area contributed by atoms with Crippen molar-refractivity contribution in [2.24, 2.45) is 0 Å². The minimum absolute atomic E-state index is 0.0870. The van der Waals surface area contributed by atoms with Crippen molar-refractivity contribution < 1.29 is 4.39 Å². The summed E-state index contributed by atoms with van der Waals surface area (Å²) in [6.45, 7) is 2.35. The molecule has 0 radical (unpaired) electrons. The van der Waals surface area contributed by atoms with E-state index in [1.807, 2.05) is 18.9 Å². The summed E-state index contributed by atoms with van der Waals surface area (Å²) >= 11 is 0. The molecule has 0 aromatic heterocycles. The van der Waals surface area contributed by atoms with Gasteiger partial charge in [0.25, 0.3) is 0 Å². The smallest absolute Gasteiger partial charge is 0.129 e. The van der Waals surface area contributed by atoms with Crippen LogP contribution in [0, 0.1) is 17.1 Å². The standard InChI is InChI=1S/C12H16FN3/c1-9(6-7-14)16(2)8-10-11(13)4-3-5-12(10)15/h3-5,9H,6,8,15H2,1-2H3. The number of rotatable bonds is 4. The highest BCUT2D eigenvalue weighted by atomic mass is 19.1. The maximum absolute atomic E-state index is 13.5. The van der Waals surface area contributed by atoms with Crippen molar-refractivity contribution in [2.45, 2.75) is 25.9 Å². The van der Waals surface area contributed by atoms with Crippen LogP contribution >= 0.6 is 0 Å². The number of nitrogens with zero attached hydrogens (tertiary/aromatic N) is 2. The Bertz CT molecular complexity index is 377. The largest absolute Gasteiger partial charge is 0.398 e. The number of halogens is 1. The highest BCUT2D eigenvalue weighted by Gasteiger charge is 2.13. The van der Waals surface area contributed by atoms with E-state index < -0.39 is 0 Å². The molecule has 1 aromatic carbocycles. The molecule has 0 aliphatic rings. The quantitative estimate of drug-likeness (QED) is 0.792. The first-order valence-corrected chi connectivity index (χ1v) is 5.16. The molecule has 0 amide bonds. The minimum Gasteiger partial charge on any atom is -0.398 e. The molecular formula is C12H16FN3. The van der Waals surface area contributed by atoms with Gasteiger partial charge in [0.15, 0.2) is 0 Å². The Morgan fingerprint density at radius 3 is 2.81 bits per heavy atom. The molecule has 0 heterocycles. The number of nitrogens with two attached hydrogens (primary N) is 1. The van der Waals surface area contributed by atoms with E-state index in [-0.39, 0.29) is 11.9 Å². The van der Waals surface area contributed by atoms with Gasteiger partial charge in [-0.1, -0.05) is 6.07 Å². The van der Waals surface area contributed by atoms with Crippen LogP contribution < -0.4 is 5.73 Å². The second kappa shape index (κ2) is 5.47. The third-order valence-electron chi connectivity index (χ3n) is 2.70. The number of benzene rings is 1. The zero-order valence-electron chi connectivity index (χ0n) is 9.57. The number of anilines is 1. The molecule has 0 spiro atoms. The van der Waals surface area contributed by atoms with Crippen LogP contribution in [-0.4, -0.2) is 18.0 Å². The van der Waals surface area contributed by atoms with Gasteiger partial charge in [-0.25, -0.2) is 4.39 Å². The SMILES string of the molecule is CC(CC#N)N(C)Cc1c(N)cccc1F. The Hall–Kier alpha value is -1.60. The van der Waals surface area contributed by atoms with E-state index in [2.05, 4.69) is 6.07 Å². The third-order valence-corrected chi connectivity index (χ3v) is 2.70. The van der Waals surface area contributed by atoms with E-state index in [1.165, 1.54) is 6.07 Å². The van der Waals surface area contributed by atoms with Crippen LogP contribution in [0.4, 0.5) is 10.1 Å².